The van der Waals surface area contributed by atoms with E-state index in [2.05, 4.69) is 0 Å². The molecule has 1 aliphatic heterocycles. The van der Waals surface area contributed by atoms with E-state index in [9.17, 15) is 9.59 Å². The molecule has 2 atom stereocenters. The molecule has 4 nitrogen and oxygen atoms in total. The van der Waals surface area contributed by atoms with Crippen LogP contribution in [0.25, 0.3) is 0 Å². The molecule has 0 saturated carbocycles. The van der Waals surface area contributed by atoms with E-state index in [0.717, 1.165) is 6.42 Å². The van der Waals surface area contributed by atoms with Gasteiger partial charge in [0.1, 0.15) is 6.04 Å². The van der Waals surface area contributed by atoms with E-state index in [1.165, 1.54) is 0 Å². The van der Waals surface area contributed by atoms with Gasteiger partial charge in [0.25, 0.3) is 0 Å². The lowest BCUT2D eigenvalue weighted by Crippen LogP contribution is -2.45. The Bertz CT molecular complexity index is 228. The standard InChI is InChI=1S/C9H16N2O2/c1-3-7(8(10)12)11-5-4-6(2)9(11)13/h6-7H,3-5H2,1-2H3,(H2,10,12)/t6-,7-/m0/s1. The molecule has 1 heterocycles. The molecule has 0 aromatic carbocycles. The summed E-state index contributed by atoms with van der Waals surface area (Å²) < 4.78 is 0. The van der Waals surface area contributed by atoms with Crippen molar-refractivity contribution in [2.24, 2.45) is 11.7 Å². The second-order valence-corrected chi connectivity index (χ2v) is 3.55. The highest BCUT2D eigenvalue weighted by Crippen LogP contribution is 2.20. The highest BCUT2D eigenvalue weighted by Gasteiger charge is 2.34. The van der Waals surface area contributed by atoms with Gasteiger partial charge in [-0.1, -0.05) is 13.8 Å². The second kappa shape index (κ2) is 3.77. The van der Waals surface area contributed by atoms with Crippen molar-refractivity contribution in [3.8, 4) is 0 Å². The molecule has 0 radical (unpaired) electrons. The van der Waals surface area contributed by atoms with Gasteiger partial charge < -0.3 is 10.6 Å². The zero-order valence-corrected chi connectivity index (χ0v) is 8.12. The summed E-state index contributed by atoms with van der Waals surface area (Å²) in [6, 6.07) is -0.405. The summed E-state index contributed by atoms with van der Waals surface area (Å²) in [6.45, 7) is 4.42. The van der Waals surface area contributed by atoms with Crippen LogP contribution in [0.3, 0.4) is 0 Å². The van der Waals surface area contributed by atoms with Crippen molar-refractivity contribution in [2.75, 3.05) is 6.54 Å². The van der Waals surface area contributed by atoms with Gasteiger partial charge in [0.05, 0.1) is 0 Å². The molecule has 74 valence electrons. The fourth-order valence-electron chi connectivity index (χ4n) is 1.73. The summed E-state index contributed by atoms with van der Waals surface area (Å²) in [4.78, 5) is 24.1. The Hall–Kier alpha value is -1.06. The molecule has 4 heteroatoms. The lowest BCUT2D eigenvalue weighted by molar-refractivity contribution is -0.138. The first-order valence-electron chi connectivity index (χ1n) is 4.67. The van der Waals surface area contributed by atoms with Crippen LogP contribution in [-0.4, -0.2) is 29.3 Å². The molecular weight excluding hydrogens is 168 g/mol. The highest BCUT2D eigenvalue weighted by atomic mass is 16.2. The highest BCUT2D eigenvalue weighted by molar-refractivity contribution is 5.88. The molecule has 0 spiro atoms. The van der Waals surface area contributed by atoms with Crippen molar-refractivity contribution in [1.29, 1.82) is 0 Å². The fraction of sp³-hybridized carbons (Fsp3) is 0.778. The average Bonchev–Trinajstić information content (AvgIpc) is 2.37. The number of carbonyl (C=O) groups is 2. The Labute approximate surface area is 78.1 Å². The monoisotopic (exact) mass is 184 g/mol. The van der Waals surface area contributed by atoms with Gasteiger partial charge in [-0.15, -0.1) is 0 Å². The molecule has 1 saturated heterocycles. The van der Waals surface area contributed by atoms with E-state index >= 15 is 0 Å². The number of amides is 2. The molecule has 2 N–H and O–H groups in total. The van der Waals surface area contributed by atoms with E-state index in [1.54, 1.807) is 4.90 Å². The topological polar surface area (TPSA) is 63.4 Å². The Kier molecular flexibility index (Phi) is 2.90. The molecule has 0 unspecified atom stereocenters. The lowest BCUT2D eigenvalue weighted by Gasteiger charge is -2.23. The van der Waals surface area contributed by atoms with Crippen LogP contribution in [-0.2, 0) is 9.59 Å². The molecule has 0 aromatic heterocycles. The van der Waals surface area contributed by atoms with E-state index in [-0.39, 0.29) is 11.8 Å². The minimum atomic E-state index is -0.405. The van der Waals surface area contributed by atoms with Crippen molar-refractivity contribution >= 4 is 11.8 Å². The van der Waals surface area contributed by atoms with Crippen LogP contribution in [0.2, 0.25) is 0 Å². The number of likely N-dealkylation sites (tertiary alicyclic amines) is 1. The van der Waals surface area contributed by atoms with Crippen molar-refractivity contribution < 1.29 is 9.59 Å². The lowest BCUT2D eigenvalue weighted by atomic mass is 10.1. The normalized spacial score (nSPS) is 24.9. The van der Waals surface area contributed by atoms with Crippen LogP contribution >= 0.6 is 0 Å². The summed E-state index contributed by atoms with van der Waals surface area (Å²) >= 11 is 0. The van der Waals surface area contributed by atoms with Gasteiger partial charge in [-0.2, -0.15) is 0 Å². The quantitative estimate of drug-likeness (QED) is 0.677. The van der Waals surface area contributed by atoms with Gasteiger partial charge in [0, 0.05) is 12.5 Å². The number of hydrogen-bond donors (Lipinski definition) is 1. The summed E-state index contributed by atoms with van der Waals surface area (Å²) in [5, 5.41) is 0. The Morgan fingerprint density at radius 2 is 2.38 bits per heavy atom. The first-order valence-corrected chi connectivity index (χ1v) is 4.67. The number of hydrogen-bond acceptors (Lipinski definition) is 2. The molecular formula is C9H16N2O2. The minimum absolute atomic E-state index is 0.0494. The predicted octanol–water partition coefficient (Wildman–Crippen LogP) is 0.119. The van der Waals surface area contributed by atoms with Gasteiger partial charge in [0.2, 0.25) is 11.8 Å². The summed E-state index contributed by atoms with van der Waals surface area (Å²) in [5.41, 5.74) is 5.20. The smallest absolute Gasteiger partial charge is 0.240 e. The number of nitrogens with two attached hydrogens (primary N) is 1. The fourth-order valence-corrected chi connectivity index (χ4v) is 1.73. The third kappa shape index (κ3) is 1.82. The van der Waals surface area contributed by atoms with Crippen LogP contribution in [0, 0.1) is 5.92 Å². The number of nitrogens with zero attached hydrogens (tertiary/aromatic N) is 1. The largest absolute Gasteiger partial charge is 0.368 e. The van der Waals surface area contributed by atoms with Crippen molar-refractivity contribution in [2.45, 2.75) is 32.7 Å². The van der Waals surface area contributed by atoms with Gasteiger partial charge in [-0.25, -0.2) is 0 Å². The van der Waals surface area contributed by atoms with E-state index in [1.807, 2.05) is 13.8 Å². The first kappa shape index (κ1) is 10.0. The maximum absolute atomic E-state index is 11.5. The SMILES string of the molecule is CC[C@@H](C(N)=O)N1CC[C@H](C)C1=O. The van der Waals surface area contributed by atoms with Crippen LogP contribution in [0.15, 0.2) is 0 Å². The molecule has 0 aromatic rings. The molecule has 1 fully saturated rings. The maximum atomic E-state index is 11.5. The van der Waals surface area contributed by atoms with Crippen molar-refractivity contribution in [3.63, 3.8) is 0 Å². The van der Waals surface area contributed by atoms with Crippen molar-refractivity contribution in [1.82, 2.24) is 4.90 Å². The first-order chi connectivity index (χ1) is 6.07. The predicted molar refractivity (Wildman–Crippen MR) is 48.8 cm³/mol. The maximum Gasteiger partial charge on any atom is 0.240 e. The number of primary amides is 1. The van der Waals surface area contributed by atoms with Crippen LogP contribution in [0.4, 0.5) is 0 Å². The van der Waals surface area contributed by atoms with Gasteiger partial charge in [-0.05, 0) is 12.8 Å². The third-order valence-corrected chi connectivity index (χ3v) is 2.60. The number of rotatable bonds is 3. The van der Waals surface area contributed by atoms with Crippen LogP contribution < -0.4 is 5.73 Å². The van der Waals surface area contributed by atoms with Gasteiger partial charge in [0.15, 0.2) is 0 Å². The minimum Gasteiger partial charge on any atom is -0.368 e. The summed E-state index contributed by atoms with van der Waals surface area (Å²) in [7, 11) is 0. The molecule has 0 aliphatic carbocycles. The average molecular weight is 184 g/mol. The van der Waals surface area contributed by atoms with Crippen LogP contribution in [0.5, 0.6) is 0 Å². The Morgan fingerprint density at radius 3 is 2.69 bits per heavy atom. The van der Waals surface area contributed by atoms with E-state index < -0.39 is 11.9 Å². The van der Waals surface area contributed by atoms with E-state index in [0.29, 0.717) is 13.0 Å². The van der Waals surface area contributed by atoms with E-state index in [4.69, 9.17) is 5.73 Å². The van der Waals surface area contributed by atoms with Gasteiger partial charge in [-0.3, -0.25) is 9.59 Å². The second-order valence-electron chi connectivity index (χ2n) is 3.55. The Morgan fingerprint density at radius 1 is 1.77 bits per heavy atom. The Balaban J connectivity index is 2.71. The molecule has 13 heavy (non-hydrogen) atoms. The summed E-state index contributed by atoms with van der Waals surface area (Å²) in [5.74, 6) is -0.288. The zero-order chi connectivity index (χ0) is 10.0. The molecule has 1 aliphatic rings. The molecule has 2 amide bonds. The zero-order valence-electron chi connectivity index (χ0n) is 8.12. The van der Waals surface area contributed by atoms with Gasteiger partial charge >= 0.3 is 0 Å². The number of carbonyl (C=O) groups excluding carboxylic acids is 2. The summed E-state index contributed by atoms with van der Waals surface area (Å²) in [6.07, 6.45) is 1.44. The van der Waals surface area contributed by atoms with Crippen LogP contribution in [0.1, 0.15) is 26.7 Å². The third-order valence-electron chi connectivity index (χ3n) is 2.60. The molecule has 1 rings (SSSR count). The van der Waals surface area contributed by atoms with Crippen molar-refractivity contribution in [3.05, 3.63) is 0 Å². The molecule has 0 bridgehead atoms.